The Kier molecular flexibility index (Phi) is 5.25. The van der Waals surface area contributed by atoms with Gasteiger partial charge in [0.2, 0.25) is 0 Å². The van der Waals surface area contributed by atoms with Crippen LogP contribution in [0, 0.1) is 0 Å². The lowest BCUT2D eigenvalue weighted by Gasteiger charge is -2.01. The van der Waals surface area contributed by atoms with E-state index in [0.29, 0.717) is 27.1 Å². The van der Waals surface area contributed by atoms with Gasteiger partial charge in [-0.05, 0) is 31.2 Å². The average molecular weight is 327 g/mol. The van der Waals surface area contributed by atoms with E-state index in [9.17, 15) is 4.79 Å². The number of ether oxygens (including phenoxy) is 1. The van der Waals surface area contributed by atoms with Crippen LogP contribution in [-0.4, -0.2) is 18.9 Å². The lowest BCUT2D eigenvalue weighted by Crippen LogP contribution is -2.18. The maximum Gasteiger partial charge on any atom is 0.427 e. The van der Waals surface area contributed by atoms with Crippen LogP contribution in [0.5, 0.6) is 0 Å². The monoisotopic (exact) mass is 326 g/mol. The van der Waals surface area contributed by atoms with Gasteiger partial charge < -0.3 is 9.15 Å². The maximum absolute atomic E-state index is 11.0. The third kappa shape index (κ3) is 4.00. The van der Waals surface area contributed by atoms with Gasteiger partial charge >= 0.3 is 6.09 Å². The van der Waals surface area contributed by atoms with E-state index in [1.54, 1.807) is 37.3 Å². The van der Waals surface area contributed by atoms with Crippen LogP contribution in [0.3, 0.4) is 0 Å². The molecule has 2 rings (SSSR count). The molecule has 5 nitrogen and oxygen atoms in total. The molecule has 0 aliphatic carbocycles. The Morgan fingerprint density at radius 3 is 2.95 bits per heavy atom. The fourth-order valence-corrected chi connectivity index (χ4v) is 1.97. The van der Waals surface area contributed by atoms with E-state index in [1.165, 1.54) is 6.21 Å². The van der Waals surface area contributed by atoms with Gasteiger partial charge in [-0.25, -0.2) is 10.2 Å². The number of hydrogen-bond donors (Lipinski definition) is 1. The molecule has 0 aliphatic heterocycles. The summed E-state index contributed by atoms with van der Waals surface area (Å²) in [6.07, 6.45) is 0.734. The van der Waals surface area contributed by atoms with Gasteiger partial charge in [0.1, 0.15) is 11.5 Å². The normalized spacial score (nSPS) is 10.8. The first-order chi connectivity index (χ1) is 10.1. The maximum atomic E-state index is 11.0. The summed E-state index contributed by atoms with van der Waals surface area (Å²) in [4.78, 5) is 11.0. The molecule has 1 aromatic carbocycles. The van der Waals surface area contributed by atoms with Gasteiger partial charge in [-0.3, -0.25) is 0 Å². The highest BCUT2D eigenvalue weighted by atomic mass is 35.5. The summed E-state index contributed by atoms with van der Waals surface area (Å²) < 4.78 is 10.2. The minimum absolute atomic E-state index is 0.277. The predicted octanol–water partition coefficient (Wildman–Crippen LogP) is 4.33. The topological polar surface area (TPSA) is 63.8 Å². The smallest absolute Gasteiger partial charge is 0.427 e. The molecule has 110 valence electrons. The van der Waals surface area contributed by atoms with E-state index in [4.69, 9.17) is 27.6 Å². The molecule has 1 amide bonds. The number of hydrazone groups is 1. The Morgan fingerprint density at radius 2 is 2.19 bits per heavy atom. The van der Waals surface area contributed by atoms with E-state index in [1.807, 2.05) is 0 Å². The Labute approximate surface area is 131 Å². The molecule has 0 radical (unpaired) electrons. The second kappa shape index (κ2) is 7.15. The minimum Gasteiger partial charge on any atom is -0.455 e. The molecule has 1 N–H and O–H groups in total. The number of carbonyl (C=O) groups excluding carboxylic acids is 1. The fraction of sp³-hybridized carbons (Fsp3) is 0.143. The van der Waals surface area contributed by atoms with Crippen LogP contribution in [0.2, 0.25) is 10.0 Å². The summed E-state index contributed by atoms with van der Waals surface area (Å²) in [5.41, 5.74) is 2.89. The van der Waals surface area contributed by atoms with Gasteiger partial charge in [0, 0.05) is 5.56 Å². The van der Waals surface area contributed by atoms with Crippen molar-refractivity contribution in [3.05, 3.63) is 46.1 Å². The summed E-state index contributed by atoms with van der Waals surface area (Å²) >= 11 is 12.1. The number of hydrogen-bond acceptors (Lipinski definition) is 4. The molecule has 7 heteroatoms. The van der Waals surface area contributed by atoms with E-state index < -0.39 is 6.09 Å². The second-order valence-electron chi connectivity index (χ2n) is 3.89. The van der Waals surface area contributed by atoms with Crippen molar-refractivity contribution in [2.75, 3.05) is 6.61 Å². The van der Waals surface area contributed by atoms with E-state index in [0.717, 1.165) is 0 Å². The SMILES string of the molecule is CCOC(=O)N/N=C\c1ccc(-c2cccc(Cl)c2Cl)o1. The van der Waals surface area contributed by atoms with E-state index >= 15 is 0 Å². The van der Waals surface area contributed by atoms with Crippen molar-refractivity contribution in [3.8, 4) is 11.3 Å². The molecule has 0 unspecified atom stereocenters. The van der Waals surface area contributed by atoms with Crippen LogP contribution in [0.25, 0.3) is 11.3 Å². The molecule has 0 aliphatic rings. The lowest BCUT2D eigenvalue weighted by molar-refractivity contribution is 0.152. The van der Waals surface area contributed by atoms with Crippen molar-refractivity contribution >= 4 is 35.5 Å². The molecule has 0 fully saturated rings. The first-order valence-corrected chi connectivity index (χ1v) is 6.87. The van der Waals surface area contributed by atoms with Crippen LogP contribution in [-0.2, 0) is 4.74 Å². The molecular weight excluding hydrogens is 315 g/mol. The Morgan fingerprint density at radius 1 is 1.38 bits per heavy atom. The standard InChI is InChI=1S/C14H12Cl2N2O3/c1-2-20-14(19)18-17-8-9-6-7-12(21-9)10-4-3-5-11(15)13(10)16/h3-8H,2H2,1H3,(H,18,19)/b17-8-. The highest BCUT2D eigenvalue weighted by molar-refractivity contribution is 6.43. The van der Waals surface area contributed by atoms with Crippen LogP contribution in [0.1, 0.15) is 12.7 Å². The minimum atomic E-state index is -0.626. The Balaban J connectivity index is 2.10. The fourth-order valence-electron chi connectivity index (χ4n) is 1.57. The zero-order valence-electron chi connectivity index (χ0n) is 11.1. The summed E-state index contributed by atoms with van der Waals surface area (Å²) in [5.74, 6) is 1.01. The number of halogens is 2. The lowest BCUT2D eigenvalue weighted by atomic mass is 10.2. The third-order valence-electron chi connectivity index (χ3n) is 2.47. The molecule has 0 bridgehead atoms. The first-order valence-electron chi connectivity index (χ1n) is 6.12. The van der Waals surface area contributed by atoms with Crippen LogP contribution in [0.4, 0.5) is 4.79 Å². The molecular formula is C14H12Cl2N2O3. The molecule has 0 atom stereocenters. The van der Waals surface area contributed by atoms with Crippen LogP contribution >= 0.6 is 23.2 Å². The van der Waals surface area contributed by atoms with E-state index in [2.05, 4.69) is 15.3 Å². The van der Waals surface area contributed by atoms with Crippen molar-refractivity contribution in [3.63, 3.8) is 0 Å². The zero-order valence-corrected chi connectivity index (χ0v) is 12.6. The number of furan rings is 1. The highest BCUT2D eigenvalue weighted by Gasteiger charge is 2.10. The van der Waals surface area contributed by atoms with Crippen molar-refractivity contribution in [1.82, 2.24) is 5.43 Å². The number of benzene rings is 1. The van der Waals surface area contributed by atoms with Gasteiger partial charge in [-0.2, -0.15) is 5.10 Å². The van der Waals surface area contributed by atoms with Gasteiger partial charge in [-0.15, -0.1) is 0 Å². The Bertz CT molecular complexity index is 668. The third-order valence-corrected chi connectivity index (χ3v) is 3.29. The zero-order chi connectivity index (χ0) is 15.2. The van der Waals surface area contributed by atoms with Crippen LogP contribution < -0.4 is 5.43 Å². The van der Waals surface area contributed by atoms with E-state index in [-0.39, 0.29) is 6.61 Å². The van der Waals surface area contributed by atoms with Gasteiger partial charge in [-0.1, -0.05) is 29.3 Å². The number of amides is 1. The van der Waals surface area contributed by atoms with Crippen molar-refractivity contribution in [2.24, 2.45) is 5.10 Å². The van der Waals surface area contributed by atoms with Crippen molar-refractivity contribution in [1.29, 1.82) is 0 Å². The quantitative estimate of drug-likeness (QED) is 0.671. The summed E-state index contributed by atoms with van der Waals surface area (Å²) in [5, 5.41) is 4.57. The van der Waals surface area contributed by atoms with Crippen molar-refractivity contribution < 1.29 is 13.9 Å². The first kappa shape index (κ1) is 15.4. The highest BCUT2D eigenvalue weighted by Crippen LogP contribution is 2.33. The van der Waals surface area contributed by atoms with Crippen molar-refractivity contribution in [2.45, 2.75) is 6.92 Å². The molecule has 0 spiro atoms. The van der Waals surface area contributed by atoms with Gasteiger partial charge in [0.25, 0.3) is 0 Å². The summed E-state index contributed by atoms with van der Waals surface area (Å²) in [6.45, 7) is 1.98. The molecule has 21 heavy (non-hydrogen) atoms. The number of nitrogens with one attached hydrogen (secondary N) is 1. The molecule has 1 heterocycles. The Hall–Kier alpha value is -1.98. The average Bonchev–Trinajstić information content (AvgIpc) is 2.91. The van der Waals surface area contributed by atoms with Gasteiger partial charge in [0.05, 0.1) is 22.9 Å². The second-order valence-corrected chi connectivity index (χ2v) is 4.68. The summed E-state index contributed by atoms with van der Waals surface area (Å²) in [7, 11) is 0. The van der Waals surface area contributed by atoms with Gasteiger partial charge in [0.15, 0.2) is 0 Å². The molecule has 2 aromatic rings. The van der Waals surface area contributed by atoms with Crippen LogP contribution in [0.15, 0.2) is 39.9 Å². The molecule has 0 saturated carbocycles. The summed E-state index contributed by atoms with van der Waals surface area (Å²) in [6, 6.07) is 8.71. The number of carbonyl (C=O) groups is 1. The molecule has 1 aromatic heterocycles. The largest absolute Gasteiger partial charge is 0.455 e. The molecule has 0 saturated heterocycles. The number of nitrogens with zero attached hydrogens (tertiary/aromatic N) is 1. The number of rotatable bonds is 4. The predicted molar refractivity (Wildman–Crippen MR) is 81.9 cm³/mol.